The Balaban J connectivity index is 1.40. The predicted octanol–water partition coefficient (Wildman–Crippen LogP) is 0.474. The summed E-state index contributed by atoms with van der Waals surface area (Å²) >= 11 is 0. The Hall–Kier alpha value is -2.53. The van der Waals surface area contributed by atoms with Crippen molar-refractivity contribution in [3.8, 4) is 6.07 Å². The number of amides is 1. The summed E-state index contributed by atoms with van der Waals surface area (Å²) in [6.45, 7) is 2.85. The molecule has 1 atom stereocenters. The zero-order valence-corrected chi connectivity index (χ0v) is 20.3. The van der Waals surface area contributed by atoms with Crippen LogP contribution < -0.4 is 5.48 Å². The van der Waals surface area contributed by atoms with Gasteiger partial charge in [0.05, 0.1) is 18.3 Å². The Labute approximate surface area is 199 Å². The number of aromatic amines is 1. The summed E-state index contributed by atoms with van der Waals surface area (Å²) in [5.41, 5.74) is 4.60. The maximum atomic E-state index is 12.5. The van der Waals surface area contributed by atoms with E-state index in [-0.39, 0.29) is 13.1 Å². The number of nitrogens with one attached hydrogen (secondary N) is 2. The molecule has 2 aliphatic rings. The number of nitrogens with zero attached hydrogens (tertiary/aromatic N) is 5. The van der Waals surface area contributed by atoms with Crippen LogP contribution in [0.2, 0.25) is 0 Å². The highest BCUT2D eigenvalue weighted by atomic mass is 32.2. The molecule has 34 heavy (non-hydrogen) atoms. The van der Waals surface area contributed by atoms with Gasteiger partial charge in [0.2, 0.25) is 0 Å². The molecule has 2 saturated heterocycles. The average Bonchev–Trinajstić information content (AvgIpc) is 3.27. The summed E-state index contributed by atoms with van der Waals surface area (Å²) in [5, 5.41) is 19.6. The van der Waals surface area contributed by atoms with E-state index < -0.39 is 22.2 Å². The van der Waals surface area contributed by atoms with Crippen LogP contribution in [0.5, 0.6) is 0 Å². The maximum absolute atomic E-state index is 12.5. The number of fused-ring (bicyclic) bond motifs is 1. The number of likely N-dealkylation sites (tertiary alicyclic amines) is 1. The van der Waals surface area contributed by atoms with Crippen molar-refractivity contribution in [1.29, 1.82) is 5.26 Å². The van der Waals surface area contributed by atoms with Crippen LogP contribution in [0, 0.1) is 11.3 Å². The first-order valence-corrected chi connectivity index (χ1v) is 12.7. The molecular formula is C22H31N7O4S. The van der Waals surface area contributed by atoms with Crippen LogP contribution in [0.15, 0.2) is 24.4 Å². The van der Waals surface area contributed by atoms with Gasteiger partial charge in [0.15, 0.2) is 0 Å². The lowest BCUT2D eigenvalue weighted by molar-refractivity contribution is -0.137. The van der Waals surface area contributed by atoms with E-state index >= 15 is 0 Å². The average molecular weight is 490 g/mol. The Morgan fingerprint density at radius 2 is 2.00 bits per heavy atom. The van der Waals surface area contributed by atoms with Crippen molar-refractivity contribution < 1.29 is 18.4 Å². The van der Waals surface area contributed by atoms with E-state index in [0.29, 0.717) is 24.7 Å². The first kappa shape index (κ1) is 24.6. The quantitative estimate of drug-likeness (QED) is 0.396. The van der Waals surface area contributed by atoms with Gasteiger partial charge in [-0.3, -0.25) is 19.8 Å². The minimum atomic E-state index is -3.64. The second-order valence-electron chi connectivity index (χ2n) is 9.10. The van der Waals surface area contributed by atoms with Crippen molar-refractivity contribution >= 4 is 27.0 Å². The van der Waals surface area contributed by atoms with Crippen molar-refractivity contribution in [3.63, 3.8) is 0 Å². The van der Waals surface area contributed by atoms with E-state index in [4.69, 9.17) is 0 Å². The minimum absolute atomic E-state index is 0.0140. The van der Waals surface area contributed by atoms with Crippen LogP contribution >= 0.6 is 0 Å². The summed E-state index contributed by atoms with van der Waals surface area (Å²) in [4.78, 5) is 19.9. The molecule has 2 aliphatic heterocycles. The topological polar surface area (TPSA) is 136 Å². The normalized spacial score (nSPS) is 21.7. The zero-order valence-electron chi connectivity index (χ0n) is 19.4. The van der Waals surface area contributed by atoms with Crippen LogP contribution in [-0.2, 0) is 15.0 Å². The molecule has 0 saturated carbocycles. The molecule has 4 rings (SSSR count). The Kier molecular flexibility index (Phi) is 7.22. The Morgan fingerprint density at radius 3 is 2.65 bits per heavy atom. The molecule has 2 fully saturated rings. The number of benzene rings is 1. The lowest BCUT2D eigenvalue weighted by Crippen LogP contribution is -2.62. The molecule has 3 heterocycles. The molecule has 12 heteroatoms. The van der Waals surface area contributed by atoms with Crippen molar-refractivity contribution in [2.45, 2.75) is 24.8 Å². The molecule has 3 N–H and O–H groups in total. The number of rotatable bonds is 6. The Bertz CT molecular complexity index is 1180. The summed E-state index contributed by atoms with van der Waals surface area (Å²) in [7, 11) is -0.725. The number of H-pyrrole nitrogens is 1. The SMILES string of the molecule is CN(C)S(=O)(=O)N1CCN(CN2CCC(c3c[nH]c4ccc(C#N)cc34)CC2)[C@@H](C(=O)NO)C1. The first-order chi connectivity index (χ1) is 16.2. The maximum Gasteiger partial charge on any atom is 0.281 e. The number of piperazine rings is 1. The minimum Gasteiger partial charge on any atom is -0.361 e. The second kappa shape index (κ2) is 9.99. The number of hydrogen-bond donors (Lipinski definition) is 3. The van der Waals surface area contributed by atoms with Gasteiger partial charge in [-0.1, -0.05) is 0 Å². The molecule has 0 radical (unpaired) electrons. The summed E-state index contributed by atoms with van der Waals surface area (Å²) in [5.74, 6) is -0.238. The lowest BCUT2D eigenvalue weighted by atomic mass is 9.89. The fourth-order valence-electron chi connectivity index (χ4n) is 4.92. The molecule has 0 aliphatic carbocycles. The predicted molar refractivity (Wildman–Crippen MR) is 126 cm³/mol. The molecule has 2 aromatic rings. The molecule has 11 nitrogen and oxygen atoms in total. The highest BCUT2D eigenvalue weighted by molar-refractivity contribution is 7.86. The van der Waals surface area contributed by atoms with Gasteiger partial charge < -0.3 is 4.98 Å². The molecule has 0 bridgehead atoms. The molecular weight excluding hydrogens is 458 g/mol. The number of piperidine rings is 1. The number of hydroxylamine groups is 1. The first-order valence-electron chi connectivity index (χ1n) is 11.3. The summed E-state index contributed by atoms with van der Waals surface area (Å²) < 4.78 is 27.5. The largest absolute Gasteiger partial charge is 0.361 e. The Morgan fingerprint density at radius 1 is 1.26 bits per heavy atom. The van der Waals surface area contributed by atoms with Gasteiger partial charge in [0.1, 0.15) is 6.04 Å². The fraction of sp³-hybridized carbons (Fsp3) is 0.545. The molecule has 184 valence electrons. The van der Waals surface area contributed by atoms with Crippen LogP contribution in [0.25, 0.3) is 10.9 Å². The summed E-state index contributed by atoms with van der Waals surface area (Å²) in [6.07, 6.45) is 3.92. The fourth-order valence-corrected chi connectivity index (χ4v) is 6.02. The highest BCUT2D eigenvalue weighted by Crippen LogP contribution is 2.33. The summed E-state index contributed by atoms with van der Waals surface area (Å²) in [6, 6.07) is 7.12. The van der Waals surface area contributed by atoms with Crippen LogP contribution in [0.4, 0.5) is 0 Å². The van der Waals surface area contributed by atoms with Crippen LogP contribution in [0.3, 0.4) is 0 Å². The third kappa shape index (κ3) is 4.81. The van der Waals surface area contributed by atoms with Gasteiger partial charge in [-0.05, 0) is 55.6 Å². The van der Waals surface area contributed by atoms with Gasteiger partial charge >= 0.3 is 0 Å². The smallest absolute Gasteiger partial charge is 0.281 e. The van der Waals surface area contributed by atoms with E-state index in [0.717, 1.165) is 41.1 Å². The molecule has 1 amide bonds. The number of carbonyl (C=O) groups is 1. The van der Waals surface area contributed by atoms with Gasteiger partial charge in [0, 0.05) is 50.8 Å². The standard InChI is InChI=1S/C22H31N7O4S/c1-26(2)34(32,33)29-10-9-28(21(14-29)22(30)25-31)15-27-7-5-17(6-8-27)19-13-24-20-4-3-16(12-23)11-18(19)20/h3-4,11,13,17,21,24,31H,5-10,14-15H2,1-2H3,(H,25,30)/t21-/m1/s1. The van der Waals surface area contributed by atoms with Crippen molar-refractivity contribution in [2.24, 2.45) is 0 Å². The lowest BCUT2D eigenvalue weighted by Gasteiger charge is -2.43. The van der Waals surface area contributed by atoms with E-state index in [1.807, 2.05) is 29.3 Å². The number of aromatic nitrogens is 1. The van der Waals surface area contributed by atoms with E-state index in [9.17, 15) is 23.7 Å². The number of nitriles is 1. The monoisotopic (exact) mass is 489 g/mol. The van der Waals surface area contributed by atoms with Gasteiger partial charge in [-0.15, -0.1) is 0 Å². The van der Waals surface area contributed by atoms with Crippen molar-refractivity contribution in [3.05, 3.63) is 35.5 Å². The van der Waals surface area contributed by atoms with E-state index in [1.165, 1.54) is 24.0 Å². The van der Waals surface area contributed by atoms with Crippen LogP contribution in [0.1, 0.15) is 29.9 Å². The van der Waals surface area contributed by atoms with E-state index in [1.54, 1.807) is 5.48 Å². The number of carbonyl (C=O) groups excluding carboxylic acids is 1. The molecule has 1 aromatic carbocycles. The van der Waals surface area contributed by atoms with Crippen LogP contribution in [-0.4, -0.2) is 102 Å². The van der Waals surface area contributed by atoms with Crippen molar-refractivity contribution in [2.75, 3.05) is 53.5 Å². The molecule has 0 unspecified atom stereocenters. The van der Waals surface area contributed by atoms with Gasteiger partial charge in [0.25, 0.3) is 16.1 Å². The van der Waals surface area contributed by atoms with Gasteiger partial charge in [-0.2, -0.15) is 22.3 Å². The third-order valence-electron chi connectivity index (χ3n) is 6.91. The van der Waals surface area contributed by atoms with Gasteiger partial charge in [-0.25, -0.2) is 5.48 Å². The number of hydrogen-bond acceptors (Lipinski definition) is 7. The van der Waals surface area contributed by atoms with E-state index in [2.05, 4.69) is 16.0 Å². The molecule has 0 spiro atoms. The zero-order chi connectivity index (χ0) is 24.5. The molecule has 1 aromatic heterocycles. The third-order valence-corrected chi connectivity index (χ3v) is 8.81. The second-order valence-corrected chi connectivity index (χ2v) is 11.2. The van der Waals surface area contributed by atoms with Crippen molar-refractivity contribution in [1.82, 2.24) is 28.9 Å². The highest BCUT2D eigenvalue weighted by Gasteiger charge is 2.39.